The van der Waals surface area contributed by atoms with Gasteiger partial charge >= 0.3 is 0 Å². The lowest BCUT2D eigenvalue weighted by Gasteiger charge is -2.21. The number of anilines is 1. The van der Waals surface area contributed by atoms with E-state index in [1.165, 1.54) is 6.07 Å². The predicted octanol–water partition coefficient (Wildman–Crippen LogP) is 7.59. The number of rotatable bonds is 6. The molecule has 0 aliphatic rings. The van der Waals surface area contributed by atoms with E-state index in [4.69, 9.17) is 27.6 Å². The van der Waals surface area contributed by atoms with Crippen LogP contribution in [0.25, 0.3) is 22.2 Å². The number of carbonyl (C=O) groups excluding carboxylic acids is 1. The predicted molar refractivity (Wildman–Crippen MR) is 145 cm³/mol. The molecule has 0 spiro atoms. The maximum Gasteiger partial charge on any atom is 0.195 e. The minimum absolute atomic E-state index is 0.0296. The molecule has 2 aromatic heterocycles. The van der Waals surface area contributed by atoms with Crippen LogP contribution in [0.15, 0.2) is 45.6 Å². The quantitative estimate of drug-likeness (QED) is 0.199. The van der Waals surface area contributed by atoms with Gasteiger partial charge in [-0.3, -0.25) is 9.59 Å². The van der Waals surface area contributed by atoms with Crippen LogP contribution in [-0.4, -0.2) is 16.4 Å². The number of aromatic hydroxyl groups is 1. The number of aryl methyl sites for hydroxylation is 1. The maximum absolute atomic E-state index is 13.2. The van der Waals surface area contributed by atoms with Gasteiger partial charge in [0.25, 0.3) is 0 Å². The summed E-state index contributed by atoms with van der Waals surface area (Å²) in [5.74, 6) is 0.493. The number of nitrogens with zero attached hydrogens (tertiary/aromatic N) is 1. The molecule has 0 bridgehead atoms. The third kappa shape index (κ3) is 4.59. The summed E-state index contributed by atoms with van der Waals surface area (Å²) < 4.78 is 6.31. The molecule has 1 atom stereocenters. The lowest BCUT2D eigenvalue weighted by Crippen LogP contribution is -2.14. The van der Waals surface area contributed by atoms with Crippen molar-refractivity contribution in [2.24, 2.45) is 0 Å². The van der Waals surface area contributed by atoms with Crippen molar-refractivity contribution in [3.63, 3.8) is 0 Å². The standard InChI is InChI=1S/C28H26Cl2N2O4/c1-13(2)27-15(4)26(35)19-11-14(3)10-18(28(19)36-27)16(5)31-21-7-9-23(29)32-25(21)17-6-8-22(34)20(12-33)24(17)30/h6-13,16,31,34H,1-5H3. The first-order valence-corrected chi connectivity index (χ1v) is 12.3. The van der Waals surface area contributed by atoms with Crippen LogP contribution in [0.3, 0.4) is 0 Å². The van der Waals surface area contributed by atoms with Crippen LogP contribution in [0.5, 0.6) is 5.75 Å². The minimum Gasteiger partial charge on any atom is -0.507 e. The average Bonchev–Trinajstić information content (AvgIpc) is 2.82. The molecule has 1 unspecified atom stereocenters. The van der Waals surface area contributed by atoms with Crippen LogP contribution in [0, 0.1) is 13.8 Å². The van der Waals surface area contributed by atoms with E-state index in [1.807, 2.05) is 39.8 Å². The molecule has 0 saturated heterocycles. The molecule has 0 radical (unpaired) electrons. The van der Waals surface area contributed by atoms with E-state index in [0.29, 0.717) is 45.5 Å². The van der Waals surface area contributed by atoms with Gasteiger partial charge in [0.05, 0.1) is 33.4 Å². The van der Waals surface area contributed by atoms with Crippen molar-refractivity contribution >= 4 is 46.1 Å². The number of nitrogens with one attached hydrogen (secondary N) is 1. The van der Waals surface area contributed by atoms with E-state index in [0.717, 1.165) is 11.1 Å². The van der Waals surface area contributed by atoms with E-state index in [1.54, 1.807) is 25.1 Å². The third-order valence-electron chi connectivity index (χ3n) is 6.18. The van der Waals surface area contributed by atoms with Crippen LogP contribution < -0.4 is 10.7 Å². The Morgan fingerprint density at radius 3 is 2.47 bits per heavy atom. The molecule has 0 aliphatic heterocycles. The number of carbonyl (C=O) groups is 1. The summed E-state index contributed by atoms with van der Waals surface area (Å²) in [5.41, 5.74) is 4.29. The van der Waals surface area contributed by atoms with E-state index in [-0.39, 0.29) is 38.9 Å². The number of fused-ring (bicyclic) bond motifs is 1. The summed E-state index contributed by atoms with van der Waals surface area (Å²) in [7, 11) is 0. The Morgan fingerprint density at radius 1 is 1.08 bits per heavy atom. The highest BCUT2D eigenvalue weighted by Gasteiger charge is 2.22. The molecule has 0 fully saturated rings. The number of benzene rings is 2. The molecule has 8 heteroatoms. The summed E-state index contributed by atoms with van der Waals surface area (Å²) in [5, 5.41) is 14.3. The highest BCUT2D eigenvalue weighted by atomic mass is 35.5. The highest BCUT2D eigenvalue weighted by molar-refractivity contribution is 6.36. The molecule has 2 aromatic carbocycles. The summed E-state index contributed by atoms with van der Waals surface area (Å²) in [6, 6.07) is 9.91. The number of phenolic OH excluding ortho intramolecular Hbond substituents is 1. The maximum atomic E-state index is 13.2. The number of pyridine rings is 1. The van der Waals surface area contributed by atoms with E-state index < -0.39 is 0 Å². The molecular weight excluding hydrogens is 499 g/mol. The molecule has 0 amide bonds. The monoisotopic (exact) mass is 524 g/mol. The fourth-order valence-corrected chi connectivity index (χ4v) is 4.84. The largest absolute Gasteiger partial charge is 0.507 e. The lowest BCUT2D eigenvalue weighted by atomic mass is 9.98. The zero-order chi connectivity index (χ0) is 26.3. The number of phenols is 1. The van der Waals surface area contributed by atoms with Gasteiger partial charge in [-0.25, -0.2) is 4.98 Å². The lowest BCUT2D eigenvalue weighted by molar-refractivity contribution is 0.112. The van der Waals surface area contributed by atoms with Gasteiger partial charge in [0.1, 0.15) is 22.2 Å². The zero-order valence-electron chi connectivity index (χ0n) is 20.6. The van der Waals surface area contributed by atoms with Crippen molar-refractivity contribution < 1.29 is 14.3 Å². The van der Waals surface area contributed by atoms with Gasteiger partial charge in [0.15, 0.2) is 11.7 Å². The van der Waals surface area contributed by atoms with Gasteiger partial charge in [0.2, 0.25) is 0 Å². The average molecular weight is 525 g/mol. The second kappa shape index (κ2) is 9.96. The van der Waals surface area contributed by atoms with Gasteiger partial charge in [-0.15, -0.1) is 0 Å². The van der Waals surface area contributed by atoms with Gasteiger partial charge in [0, 0.05) is 22.6 Å². The molecular formula is C28H26Cl2N2O4. The Labute approximate surface area is 218 Å². The first kappa shape index (κ1) is 25.7. The number of aromatic nitrogens is 1. The summed E-state index contributed by atoms with van der Waals surface area (Å²) in [6.45, 7) is 9.68. The van der Waals surface area contributed by atoms with Gasteiger partial charge in [-0.1, -0.05) is 43.1 Å². The minimum atomic E-state index is -0.304. The van der Waals surface area contributed by atoms with Crippen LogP contribution in [0.2, 0.25) is 10.2 Å². The molecule has 4 rings (SSSR count). The van der Waals surface area contributed by atoms with Crippen LogP contribution >= 0.6 is 23.2 Å². The van der Waals surface area contributed by atoms with Gasteiger partial charge in [-0.05, 0) is 56.7 Å². The normalized spacial score (nSPS) is 12.2. The third-order valence-corrected chi connectivity index (χ3v) is 6.80. The van der Waals surface area contributed by atoms with Crippen molar-refractivity contribution in [3.05, 3.63) is 84.8 Å². The Morgan fingerprint density at radius 2 is 1.81 bits per heavy atom. The molecule has 2 heterocycles. The van der Waals surface area contributed by atoms with Crippen molar-refractivity contribution in [1.29, 1.82) is 0 Å². The second-order valence-electron chi connectivity index (χ2n) is 9.18. The molecule has 2 N–H and O–H groups in total. The Bertz CT molecular complexity index is 1560. The highest BCUT2D eigenvalue weighted by Crippen LogP contribution is 2.39. The van der Waals surface area contributed by atoms with E-state index in [2.05, 4.69) is 10.3 Å². The SMILES string of the molecule is Cc1cc(C(C)Nc2ccc(Cl)nc2-c2ccc(O)c(C=O)c2Cl)c2oc(C(C)C)c(C)c(=O)c2c1. The first-order valence-electron chi connectivity index (χ1n) is 11.5. The summed E-state index contributed by atoms with van der Waals surface area (Å²) in [6.07, 6.45) is 0.497. The summed E-state index contributed by atoms with van der Waals surface area (Å²) >= 11 is 12.7. The van der Waals surface area contributed by atoms with Crippen molar-refractivity contribution in [1.82, 2.24) is 4.98 Å². The second-order valence-corrected chi connectivity index (χ2v) is 9.95. The number of halogens is 2. The fraction of sp³-hybridized carbons (Fsp3) is 0.250. The fourth-order valence-electron chi connectivity index (χ4n) is 4.40. The first-order chi connectivity index (χ1) is 17.0. The van der Waals surface area contributed by atoms with Crippen molar-refractivity contribution in [2.45, 2.75) is 46.6 Å². The van der Waals surface area contributed by atoms with Gasteiger partial charge < -0.3 is 14.8 Å². The van der Waals surface area contributed by atoms with Crippen LogP contribution in [-0.2, 0) is 0 Å². The molecule has 0 aliphatic carbocycles. The molecule has 36 heavy (non-hydrogen) atoms. The topological polar surface area (TPSA) is 92.4 Å². The van der Waals surface area contributed by atoms with Crippen LogP contribution in [0.4, 0.5) is 5.69 Å². The van der Waals surface area contributed by atoms with Crippen molar-refractivity contribution in [2.75, 3.05) is 5.32 Å². The molecule has 6 nitrogen and oxygen atoms in total. The van der Waals surface area contributed by atoms with Crippen LogP contribution in [0.1, 0.15) is 65.5 Å². The molecule has 4 aromatic rings. The van der Waals surface area contributed by atoms with Gasteiger partial charge in [-0.2, -0.15) is 0 Å². The van der Waals surface area contributed by atoms with E-state index in [9.17, 15) is 14.7 Å². The Balaban J connectivity index is 1.87. The molecule has 0 saturated carbocycles. The Kier molecular flexibility index (Phi) is 7.12. The smallest absolute Gasteiger partial charge is 0.195 e. The summed E-state index contributed by atoms with van der Waals surface area (Å²) in [4.78, 5) is 29.1. The number of hydrogen-bond donors (Lipinski definition) is 2. The van der Waals surface area contributed by atoms with Crippen molar-refractivity contribution in [3.8, 4) is 17.0 Å². The Hall–Kier alpha value is -3.35. The number of hydrogen-bond acceptors (Lipinski definition) is 6. The zero-order valence-corrected chi connectivity index (χ0v) is 22.1. The molecule has 186 valence electrons. The number of aldehydes is 1. The van der Waals surface area contributed by atoms with E-state index >= 15 is 0 Å².